The van der Waals surface area contributed by atoms with Crippen LogP contribution in [-0.4, -0.2) is 75.8 Å². The molecule has 13 nitrogen and oxygen atoms in total. The quantitative estimate of drug-likeness (QED) is 0.328. The average molecular weight is 638 g/mol. The van der Waals surface area contributed by atoms with E-state index in [1.165, 1.54) is 36.4 Å². The Labute approximate surface area is 265 Å². The topological polar surface area (TPSA) is 176 Å². The number of hydrogen-bond donors (Lipinski definition) is 4. The lowest BCUT2D eigenvalue weighted by molar-refractivity contribution is -0.132. The van der Waals surface area contributed by atoms with E-state index in [4.69, 9.17) is 16.1 Å². The summed E-state index contributed by atoms with van der Waals surface area (Å²) < 4.78 is 5.35. The van der Waals surface area contributed by atoms with E-state index >= 15 is 0 Å². The van der Waals surface area contributed by atoms with E-state index in [-0.39, 0.29) is 54.0 Å². The smallest absolute Gasteiger partial charge is 0.274 e. The third kappa shape index (κ3) is 9.11. The van der Waals surface area contributed by atoms with Gasteiger partial charge >= 0.3 is 0 Å². The number of carbonyl (C=O) groups excluding carboxylic acids is 5. The number of nitrogens with zero attached hydrogens (tertiary/aromatic N) is 3. The molecule has 0 aliphatic carbocycles. The molecule has 2 aromatic heterocycles. The van der Waals surface area contributed by atoms with Gasteiger partial charge in [-0.2, -0.15) is 0 Å². The minimum Gasteiger partial charge on any atom is -0.359 e. The van der Waals surface area contributed by atoms with Gasteiger partial charge in [-0.05, 0) is 30.9 Å². The Kier molecular flexibility index (Phi) is 11.3. The molecule has 3 heterocycles. The van der Waals surface area contributed by atoms with E-state index < -0.39 is 47.7 Å². The van der Waals surface area contributed by atoms with Crippen LogP contribution in [0, 0.1) is 5.92 Å². The maximum absolute atomic E-state index is 13.5. The lowest BCUT2D eigenvalue weighted by Gasteiger charge is -2.26. The zero-order valence-electron chi connectivity index (χ0n) is 25.2. The molecule has 0 fully saturated rings. The maximum Gasteiger partial charge on any atom is 0.274 e. The van der Waals surface area contributed by atoms with Gasteiger partial charge in [-0.15, -0.1) is 0 Å². The van der Waals surface area contributed by atoms with Crippen molar-refractivity contribution in [3.8, 4) is 0 Å². The summed E-state index contributed by atoms with van der Waals surface area (Å²) in [5.41, 5.74) is 0.891. The molecule has 0 radical (unpaired) electrons. The molecule has 1 aliphatic rings. The zero-order chi connectivity index (χ0) is 32.5. The Morgan fingerprint density at radius 1 is 1.02 bits per heavy atom. The molecule has 4 rings (SSSR count). The molecule has 4 N–H and O–H groups in total. The first kappa shape index (κ1) is 33.1. The number of amides is 5. The second kappa shape index (κ2) is 15.3. The van der Waals surface area contributed by atoms with Crippen molar-refractivity contribution < 1.29 is 28.5 Å². The van der Waals surface area contributed by atoms with Crippen LogP contribution in [0.25, 0.3) is 0 Å². The van der Waals surface area contributed by atoms with Gasteiger partial charge in [0.1, 0.15) is 18.1 Å². The summed E-state index contributed by atoms with van der Waals surface area (Å²) in [4.78, 5) is 71.9. The second-order valence-electron chi connectivity index (χ2n) is 11.2. The molecule has 2 bridgehead atoms. The second-order valence-corrected chi connectivity index (χ2v) is 11.6. The van der Waals surface area contributed by atoms with Gasteiger partial charge in [0.25, 0.3) is 11.8 Å². The highest BCUT2D eigenvalue weighted by Crippen LogP contribution is 2.18. The third-order valence-corrected chi connectivity index (χ3v) is 7.41. The average Bonchev–Trinajstić information content (AvgIpc) is 3.48. The number of nitrogens with one attached hydrogen (secondary N) is 4. The predicted octanol–water partition coefficient (Wildman–Crippen LogP) is 1.87. The van der Waals surface area contributed by atoms with Crippen LogP contribution in [0.15, 0.2) is 59.4 Å². The van der Waals surface area contributed by atoms with Crippen molar-refractivity contribution in [1.82, 2.24) is 36.3 Å². The largest absolute Gasteiger partial charge is 0.359 e. The Morgan fingerprint density at radius 2 is 1.76 bits per heavy atom. The predicted molar refractivity (Wildman–Crippen MR) is 164 cm³/mol. The van der Waals surface area contributed by atoms with Crippen LogP contribution in [0.3, 0.4) is 0 Å². The van der Waals surface area contributed by atoms with Crippen LogP contribution in [0.2, 0.25) is 5.02 Å². The lowest BCUT2D eigenvalue weighted by atomic mass is 10.0. The minimum absolute atomic E-state index is 0.0135. The van der Waals surface area contributed by atoms with Crippen LogP contribution in [0.1, 0.15) is 59.4 Å². The molecule has 0 unspecified atom stereocenters. The van der Waals surface area contributed by atoms with Gasteiger partial charge < -0.3 is 30.7 Å². The van der Waals surface area contributed by atoms with Crippen molar-refractivity contribution in [3.05, 3.63) is 82.5 Å². The minimum atomic E-state index is -1.03. The molecule has 238 valence electrons. The molecule has 45 heavy (non-hydrogen) atoms. The number of fused-ring (bicyclic) bond motifs is 2. The normalized spacial score (nSPS) is 20.4. The summed E-state index contributed by atoms with van der Waals surface area (Å²) in [5.74, 6) is -2.54. The van der Waals surface area contributed by atoms with Gasteiger partial charge in [0, 0.05) is 38.0 Å². The number of hydrogen-bond acceptors (Lipinski definition) is 8. The van der Waals surface area contributed by atoms with Crippen molar-refractivity contribution in [1.29, 1.82) is 0 Å². The van der Waals surface area contributed by atoms with Crippen molar-refractivity contribution in [2.24, 2.45) is 5.92 Å². The van der Waals surface area contributed by atoms with Crippen LogP contribution >= 0.6 is 11.6 Å². The Morgan fingerprint density at radius 3 is 2.47 bits per heavy atom. The van der Waals surface area contributed by atoms with Crippen LogP contribution in [-0.2, 0) is 27.3 Å². The fourth-order valence-corrected chi connectivity index (χ4v) is 4.96. The highest BCUT2D eigenvalue weighted by molar-refractivity contribution is 6.33. The van der Waals surface area contributed by atoms with E-state index in [0.717, 1.165) is 5.56 Å². The molecular weight excluding hydrogens is 602 g/mol. The van der Waals surface area contributed by atoms with E-state index in [1.807, 2.05) is 44.2 Å². The van der Waals surface area contributed by atoms with E-state index in [1.54, 1.807) is 0 Å². The van der Waals surface area contributed by atoms with Gasteiger partial charge in [-0.1, -0.05) is 60.9 Å². The summed E-state index contributed by atoms with van der Waals surface area (Å²) in [6.07, 6.45) is 3.25. The summed E-state index contributed by atoms with van der Waals surface area (Å²) in [5, 5.41) is 14.8. The van der Waals surface area contributed by atoms with Crippen LogP contribution in [0.5, 0.6) is 0 Å². The monoisotopic (exact) mass is 637 g/mol. The molecule has 0 saturated carbocycles. The van der Waals surface area contributed by atoms with E-state index in [9.17, 15) is 24.0 Å². The first-order chi connectivity index (χ1) is 21.5. The molecule has 0 spiro atoms. The van der Waals surface area contributed by atoms with Crippen molar-refractivity contribution >= 4 is 41.1 Å². The van der Waals surface area contributed by atoms with E-state index in [2.05, 4.69) is 31.4 Å². The van der Waals surface area contributed by atoms with Gasteiger partial charge in [0.2, 0.25) is 17.7 Å². The Balaban J connectivity index is 1.66. The maximum atomic E-state index is 13.5. The fraction of sp³-hybridized carbons (Fsp3) is 0.387. The van der Waals surface area contributed by atoms with Gasteiger partial charge in [-0.3, -0.25) is 29.0 Å². The first-order valence-corrected chi connectivity index (χ1v) is 15.0. The number of pyridine rings is 1. The number of halogens is 1. The van der Waals surface area contributed by atoms with Gasteiger partial charge in [-0.25, -0.2) is 0 Å². The number of benzene rings is 1. The summed E-state index contributed by atoms with van der Waals surface area (Å²) >= 11 is 6.24. The Bertz CT molecular complexity index is 1530. The summed E-state index contributed by atoms with van der Waals surface area (Å²) in [6, 6.07) is 9.03. The summed E-state index contributed by atoms with van der Waals surface area (Å²) in [6.45, 7) is 5.21. The Hall–Kier alpha value is -4.78. The van der Waals surface area contributed by atoms with E-state index in [0.29, 0.717) is 6.42 Å². The molecule has 3 atom stereocenters. The highest BCUT2D eigenvalue weighted by Gasteiger charge is 2.30. The third-order valence-electron chi connectivity index (χ3n) is 7.11. The molecular formula is C31H36ClN7O6. The SMILES string of the molecule is CC(C)C[C@H]1NC(=O)[C@@H](C)NC(=O)c2cc(on2)CN(C(=O)c2ccncc2Cl)CCNC(=O)[C@@H](Cc2ccccc2)NC1=O. The van der Waals surface area contributed by atoms with Crippen LogP contribution in [0.4, 0.5) is 0 Å². The van der Waals surface area contributed by atoms with Crippen molar-refractivity contribution in [3.63, 3.8) is 0 Å². The first-order valence-electron chi connectivity index (χ1n) is 14.6. The number of aromatic nitrogens is 2. The molecule has 5 amide bonds. The standard InChI is InChI=1S/C31H36ClN7O6/c1-18(2)13-24-29(42)37-25(14-20-7-5-4-6-8-20)28(41)34-11-12-39(31(44)22-9-10-33-16-23(22)32)17-21-15-26(38-45-21)30(43)35-19(3)27(40)36-24/h4-10,15-16,18-19,24-25H,11-14,17H2,1-3H3,(H,34,41)(H,35,43)(H,36,40)(H,37,42)/t19-,24-,25-/m1/s1. The molecule has 1 aliphatic heterocycles. The van der Waals surface area contributed by atoms with Crippen molar-refractivity contribution in [2.45, 2.75) is 58.3 Å². The van der Waals surface area contributed by atoms with Gasteiger partial charge in [0.15, 0.2) is 11.5 Å². The van der Waals surface area contributed by atoms with Crippen molar-refractivity contribution in [2.75, 3.05) is 13.1 Å². The van der Waals surface area contributed by atoms with Crippen LogP contribution < -0.4 is 21.3 Å². The number of carbonyl (C=O) groups is 5. The fourth-order valence-electron chi connectivity index (χ4n) is 4.76. The number of rotatable bonds is 5. The molecule has 14 heteroatoms. The van der Waals surface area contributed by atoms with Gasteiger partial charge in [0.05, 0.1) is 17.1 Å². The zero-order valence-corrected chi connectivity index (χ0v) is 26.0. The molecule has 0 saturated heterocycles. The molecule has 1 aromatic carbocycles. The lowest BCUT2D eigenvalue weighted by Crippen LogP contribution is -2.57. The summed E-state index contributed by atoms with van der Waals surface area (Å²) in [7, 11) is 0. The molecule has 3 aromatic rings. The highest BCUT2D eigenvalue weighted by atomic mass is 35.5.